The first-order chi connectivity index (χ1) is 14.9. The van der Waals surface area contributed by atoms with E-state index in [1.807, 2.05) is 0 Å². The molecule has 0 saturated carbocycles. The van der Waals surface area contributed by atoms with Crippen LogP contribution in [-0.2, 0) is 4.79 Å². The van der Waals surface area contributed by atoms with E-state index in [0.29, 0.717) is 32.6 Å². The molecule has 0 fully saturated rings. The summed E-state index contributed by atoms with van der Waals surface area (Å²) in [5.41, 5.74) is 3.68. The zero-order valence-electron chi connectivity index (χ0n) is 15.9. The van der Waals surface area contributed by atoms with Crippen LogP contribution in [0.3, 0.4) is 0 Å². The summed E-state index contributed by atoms with van der Waals surface area (Å²) in [5, 5.41) is 7.45. The molecule has 0 aliphatic carbocycles. The predicted octanol–water partition coefficient (Wildman–Crippen LogP) is 4.91. The topological polar surface area (TPSA) is 79.8 Å². The van der Waals surface area contributed by atoms with E-state index in [9.17, 15) is 14.0 Å². The largest absolute Gasteiger partial charge is 0.483 e. The first-order valence-corrected chi connectivity index (χ1v) is 9.73. The predicted molar refractivity (Wildman–Crippen MR) is 118 cm³/mol. The number of carbonyl (C=O) groups is 2. The average Bonchev–Trinajstić information content (AvgIpc) is 2.75. The second kappa shape index (κ2) is 10.6. The van der Waals surface area contributed by atoms with Crippen molar-refractivity contribution in [3.8, 4) is 5.75 Å². The maximum Gasteiger partial charge on any atom is 0.271 e. The number of halogens is 3. The first kappa shape index (κ1) is 22.3. The molecule has 0 aliphatic heterocycles. The molecular weight excluding hydrogens is 444 g/mol. The Hall–Kier alpha value is -3.42. The average molecular weight is 460 g/mol. The van der Waals surface area contributed by atoms with Gasteiger partial charge in [0.25, 0.3) is 11.8 Å². The van der Waals surface area contributed by atoms with E-state index >= 15 is 0 Å². The molecule has 2 amide bonds. The summed E-state index contributed by atoms with van der Waals surface area (Å²) < 4.78 is 18.5. The Morgan fingerprint density at radius 3 is 2.35 bits per heavy atom. The highest BCUT2D eigenvalue weighted by Gasteiger charge is 2.08. The lowest BCUT2D eigenvalue weighted by atomic mass is 10.2. The van der Waals surface area contributed by atoms with E-state index in [0.717, 1.165) is 0 Å². The molecule has 3 aromatic rings. The van der Waals surface area contributed by atoms with Gasteiger partial charge in [0, 0.05) is 26.9 Å². The summed E-state index contributed by atoms with van der Waals surface area (Å²) in [4.78, 5) is 24.2. The highest BCUT2D eigenvalue weighted by Crippen LogP contribution is 2.21. The quantitative estimate of drug-likeness (QED) is 0.388. The number of carbonyl (C=O) groups excluding carboxylic acids is 2. The Morgan fingerprint density at radius 1 is 0.968 bits per heavy atom. The van der Waals surface area contributed by atoms with Crippen molar-refractivity contribution < 1.29 is 18.7 Å². The number of hydrogen-bond acceptors (Lipinski definition) is 4. The van der Waals surface area contributed by atoms with Crippen molar-refractivity contribution in [2.45, 2.75) is 0 Å². The normalized spacial score (nSPS) is 10.7. The molecule has 158 valence electrons. The van der Waals surface area contributed by atoms with Gasteiger partial charge in [-0.15, -0.1) is 0 Å². The molecule has 2 N–H and O–H groups in total. The van der Waals surface area contributed by atoms with Crippen molar-refractivity contribution in [3.05, 3.63) is 93.7 Å². The fourth-order valence-electron chi connectivity index (χ4n) is 2.45. The fraction of sp³-hybridized carbons (Fsp3) is 0.0455. The molecule has 0 spiro atoms. The fourth-order valence-corrected chi connectivity index (χ4v) is 2.76. The summed E-state index contributed by atoms with van der Waals surface area (Å²) in [5.74, 6) is -0.915. The molecule has 0 bridgehead atoms. The van der Waals surface area contributed by atoms with Crippen molar-refractivity contribution >= 4 is 46.9 Å². The van der Waals surface area contributed by atoms with Crippen molar-refractivity contribution in [2.75, 3.05) is 11.9 Å². The Balaban J connectivity index is 1.61. The second-order valence-corrected chi connectivity index (χ2v) is 7.10. The molecule has 0 saturated heterocycles. The summed E-state index contributed by atoms with van der Waals surface area (Å²) >= 11 is 11.8. The molecule has 0 unspecified atom stereocenters. The van der Waals surface area contributed by atoms with Crippen LogP contribution in [0.5, 0.6) is 5.75 Å². The molecule has 9 heteroatoms. The van der Waals surface area contributed by atoms with E-state index in [4.69, 9.17) is 27.9 Å². The van der Waals surface area contributed by atoms with Gasteiger partial charge in [-0.05, 0) is 66.7 Å². The highest BCUT2D eigenvalue weighted by atomic mass is 35.5. The van der Waals surface area contributed by atoms with Gasteiger partial charge in [-0.2, -0.15) is 5.10 Å². The van der Waals surface area contributed by atoms with Crippen LogP contribution in [-0.4, -0.2) is 24.6 Å². The van der Waals surface area contributed by atoms with Gasteiger partial charge in [0.15, 0.2) is 6.61 Å². The number of amides is 2. The van der Waals surface area contributed by atoms with Crippen LogP contribution >= 0.6 is 23.2 Å². The van der Waals surface area contributed by atoms with Crippen LogP contribution in [0.1, 0.15) is 15.9 Å². The summed E-state index contributed by atoms with van der Waals surface area (Å²) in [6, 6.07) is 16.4. The van der Waals surface area contributed by atoms with Crippen molar-refractivity contribution in [1.29, 1.82) is 0 Å². The molecule has 0 aliphatic rings. The van der Waals surface area contributed by atoms with Crippen molar-refractivity contribution in [2.24, 2.45) is 5.10 Å². The smallest absolute Gasteiger partial charge is 0.271 e. The lowest BCUT2D eigenvalue weighted by Gasteiger charge is -2.10. The van der Waals surface area contributed by atoms with Crippen molar-refractivity contribution in [1.82, 2.24) is 5.43 Å². The van der Waals surface area contributed by atoms with E-state index in [1.54, 1.807) is 42.5 Å². The van der Waals surface area contributed by atoms with Gasteiger partial charge in [-0.1, -0.05) is 23.2 Å². The number of hydrazone groups is 1. The summed E-state index contributed by atoms with van der Waals surface area (Å²) in [6.45, 7) is -0.295. The van der Waals surface area contributed by atoms with Crippen LogP contribution < -0.4 is 15.5 Å². The Kier molecular flexibility index (Phi) is 7.59. The molecule has 0 aromatic heterocycles. The van der Waals surface area contributed by atoms with Crippen molar-refractivity contribution in [3.63, 3.8) is 0 Å². The molecule has 0 atom stereocenters. The van der Waals surface area contributed by atoms with Crippen LogP contribution in [0.25, 0.3) is 0 Å². The van der Waals surface area contributed by atoms with Gasteiger partial charge < -0.3 is 10.1 Å². The molecule has 6 nitrogen and oxygen atoms in total. The third kappa shape index (κ3) is 6.80. The Morgan fingerprint density at radius 2 is 1.65 bits per heavy atom. The highest BCUT2D eigenvalue weighted by molar-refractivity contribution is 6.31. The maximum atomic E-state index is 12.9. The third-order valence-corrected chi connectivity index (χ3v) is 4.42. The van der Waals surface area contributed by atoms with Crippen LogP contribution in [0.4, 0.5) is 10.1 Å². The number of nitrogens with one attached hydrogen (secondary N) is 2. The van der Waals surface area contributed by atoms with Gasteiger partial charge >= 0.3 is 0 Å². The van der Waals surface area contributed by atoms with E-state index in [2.05, 4.69) is 15.8 Å². The van der Waals surface area contributed by atoms with Crippen LogP contribution in [0, 0.1) is 5.82 Å². The lowest BCUT2D eigenvalue weighted by Crippen LogP contribution is -2.20. The standard InChI is InChI=1S/C22H16Cl2FN3O3/c23-16-3-1-14(2-4-16)22(30)28-26-12-15-11-17(24)5-10-20(15)31-13-21(29)27-19-8-6-18(25)7-9-19/h1-12H,13H2,(H,27,29)(H,28,30)/b26-12+. The maximum absolute atomic E-state index is 12.9. The van der Waals surface area contributed by atoms with Gasteiger partial charge in [0.05, 0.1) is 6.21 Å². The van der Waals surface area contributed by atoms with Gasteiger partial charge in [-0.25, -0.2) is 9.82 Å². The molecular formula is C22H16Cl2FN3O3. The van der Waals surface area contributed by atoms with Gasteiger partial charge in [0.1, 0.15) is 11.6 Å². The SMILES string of the molecule is O=C(COc1ccc(Cl)cc1/C=N/NC(=O)c1ccc(Cl)cc1)Nc1ccc(F)cc1. The lowest BCUT2D eigenvalue weighted by molar-refractivity contribution is -0.118. The van der Waals surface area contributed by atoms with E-state index in [1.165, 1.54) is 30.5 Å². The van der Waals surface area contributed by atoms with Crippen LogP contribution in [0.15, 0.2) is 71.8 Å². The molecule has 3 rings (SSSR count). The zero-order valence-corrected chi connectivity index (χ0v) is 17.5. The number of hydrogen-bond donors (Lipinski definition) is 2. The molecule has 0 radical (unpaired) electrons. The zero-order chi connectivity index (χ0) is 22.2. The monoisotopic (exact) mass is 459 g/mol. The number of rotatable bonds is 7. The van der Waals surface area contributed by atoms with Gasteiger partial charge in [-0.3, -0.25) is 9.59 Å². The minimum atomic E-state index is -0.430. The van der Waals surface area contributed by atoms with Crippen LogP contribution in [0.2, 0.25) is 10.0 Å². The molecule has 0 heterocycles. The van der Waals surface area contributed by atoms with Gasteiger partial charge in [0.2, 0.25) is 0 Å². The minimum absolute atomic E-state index is 0.295. The Bertz CT molecular complexity index is 1100. The van der Waals surface area contributed by atoms with E-state index in [-0.39, 0.29) is 6.61 Å². The second-order valence-electron chi connectivity index (χ2n) is 6.23. The van der Waals surface area contributed by atoms with E-state index < -0.39 is 17.6 Å². The summed E-state index contributed by atoms with van der Waals surface area (Å²) in [7, 11) is 0. The number of benzene rings is 3. The number of ether oxygens (including phenoxy) is 1. The number of anilines is 1. The minimum Gasteiger partial charge on any atom is -0.483 e. The molecule has 31 heavy (non-hydrogen) atoms. The first-order valence-electron chi connectivity index (χ1n) is 8.97. The number of nitrogens with zero attached hydrogens (tertiary/aromatic N) is 1. The summed E-state index contributed by atoms with van der Waals surface area (Å²) in [6.07, 6.45) is 1.35. The molecule has 3 aromatic carbocycles. The third-order valence-electron chi connectivity index (χ3n) is 3.93. The Labute approximate surface area is 187 Å².